The molecule has 1 saturated heterocycles. The predicted molar refractivity (Wildman–Crippen MR) is 87.4 cm³/mol. The molecule has 1 amide bonds. The molecular weight excluding hydrogens is 300 g/mol. The van der Waals surface area contributed by atoms with Crippen molar-refractivity contribution in [1.82, 2.24) is 9.62 Å². The smallest absolute Gasteiger partial charge is 0.251 e. The van der Waals surface area contributed by atoms with E-state index in [0.29, 0.717) is 24.6 Å². The predicted octanol–water partition coefficient (Wildman–Crippen LogP) is 1.96. The van der Waals surface area contributed by atoms with Gasteiger partial charge < -0.3 is 5.32 Å². The SMILES string of the molecule is CC(C)c1ccc(C(=O)NCC2CCCN2S(C)(=O)=O)cc1. The molecule has 1 aromatic rings. The lowest BCUT2D eigenvalue weighted by Crippen LogP contribution is -2.42. The number of carbonyl (C=O) groups excluding carboxylic acids is 1. The minimum atomic E-state index is -3.20. The van der Waals surface area contributed by atoms with Gasteiger partial charge in [0.25, 0.3) is 5.91 Å². The molecule has 122 valence electrons. The van der Waals surface area contributed by atoms with E-state index < -0.39 is 10.0 Å². The van der Waals surface area contributed by atoms with Gasteiger partial charge in [-0.2, -0.15) is 4.31 Å². The lowest BCUT2D eigenvalue weighted by Gasteiger charge is -2.22. The molecular formula is C16H24N2O3S. The number of nitrogens with zero attached hydrogens (tertiary/aromatic N) is 1. The second kappa shape index (κ2) is 6.79. The highest BCUT2D eigenvalue weighted by atomic mass is 32.2. The Bertz CT molecular complexity index is 623. The van der Waals surface area contributed by atoms with Crippen LogP contribution in [0.4, 0.5) is 0 Å². The second-order valence-electron chi connectivity index (χ2n) is 6.16. The van der Waals surface area contributed by atoms with Crippen LogP contribution in [-0.2, 0) is 10.0 Å². The minimum absolute atomic E-state index is 0.131. The zero-order valence-electron chi connectivity index (χ0n) is 13.4. The summed E-state index contributed by atoms with van der Waals surface area (Å²) in [6.07, 6.45) is 2.86. The highest BCUT2D eigenvalue weighted by Crippen LogP contribution is 2.20. The van der Waals surface area contributed by atoms with Gasteiger partial charge in [-0.15, -0.1) is 0 Å². The number of carbonyl (C=O) groups is 1. The molecule has 0 radical (unpaired) electrons. The lowest BCUT2D eigenvalue weighted by molar-refractivity contribution is 0.0946. The largest absolute Gasteiger partial charge is 0.350 e. The van der Waals surface area contributed by atoms with Crippen molar-refractivity contribution in [1.29, 1.82) is 0 Å². The van der Waals surface area contributed by atoms with E-state index in [9.17, 15) is 13.2 Å². The Kier molecular flexibility index (Phi) is 5.24. The standard InChI is InChI=1S/C16H24N2O3S/c1-12(2)13-6-8-14(9-7-13)16(19)17-11-15-5-4-10-18(15)22(3,20)21/h6-9,12,15H,4-5,10-11H2,1-3H3,(H,17,19). The summed E-state index contributed by atoms with van der Waals surface area (Å²) in [7, 11) is -3.20. The minimum Gasteiger partial charge on any atom is -0.350 e. The van der Waals surface area contributed by atoms with Gasteiger partial charge in [-0.25, -0.2) is 8.42 Å². The molecule has 0 spiro atoms. The number of nitrogens with one attached hydrogen (secondary N) is 1. The van der Waals surface area contributed by atoms with E-state index in [1.54, 1.807) is 0 Å². The first-order chi connectivity index (χ1) is 10.3. The van der Waals surface area contributed by atoms with E-state index in [-0.39, 0.29) is 11.9 Å². The van der Waals surface area contributed by atoms with Gasteiger partial charge in [0.2, 0.25) is 10.0 Å². The fourth-order valence-electron chi connectivity index (χ4n) is 2.78. The normalized spacial score (nSPS) is 19.5. The van der Waals surface area contributed by atoms with E-state index in [0.717, 1.165) is 12.8 Å². The van der Waals surface area contributed by atoms with Crippen LogP contribution >= 0.6 is 0 Å². The molecule has 6 heteroatoms. The van der Waals surface area contributed by atoms with Crippen molar-refractivity contribution in [3.05, 3.63) is 35.4 Å². The van der Waals surface area contributed by atoms with Crippen LogP contribution in [0.15, 0.2) is 24.3 Å². The van der Waals surface area contributed by atoms with Gasteiger partial charge in [0.15, 0.2) is 0 Å². The van der Waals surface area contributed by atoms with Crippen LogP contribution in [0.1, 0.15) is 48.5 Å². The van der Waals surface area contributed by atoms with Gasteiger partial charge in [-0.1, -0.05) is 26.0 Å². The monoisotopic (exact) mass is 324 g/mol. The molecule has 1 aliphatic rings. The van der Waals surface area contributed by atoms with Crippen molar-refractivity contribution in [3.63, 3.8) is 0 Å². The van der Waals surface area contributed by atoms with Crippen molar-refractivity contribution in [3.8, 4) is 0 Å². The third-order valence-corrected chi connectivity index (χ3v) is 5.42. The van der Waals surface area contributed by atoms with Crippen molar-refractivity contribution in [2.24, 2.45) is 0 Å². The molecule has 1 atom stereocenters. The van der Waals surface area contributed by atoms with Crippen LogP contribution in [0.25, 0.3) is 0 Å². The van der Waals surface area contributed by atoms with Crippen LogP contribution in [0, 0.1) is 0 Å². The zero-order chi connectivity index (χ0) is 16.3. The molecule has 0 bridgehead atoms. The molecule has 0 aliphatic carbocycles. The molecule has 1 aliphatic heterocycles. The summed E-state index contributed by atoms with van der Waals surface area (Å²) in [6, 6.07) is 7.41. The van der Waals surface area contributed by atoms with Crippen molar-refractivity contribution < 1.29 is 13.2 Å². The Morgan fingerprint density at radius 1 is 1.32 bits per heavy atom. The Hall–Kier alpha value is -1.40. The molecule has 22 heavy (non-hydrogen) atoms. The first-order valence-corrected chi connectivity index (χ1v) is 9.49. The maximum Gasteiger partial charge on any atom is 0.251 e. The molecule has 0 aromatic heterocycles. The fraction of sp³-hybridized carbons (Fsp3) is 0.562. The van der Waals surface area contributed by atoms with Crippen LogP contribution in [-0.4, -0.2) is 44.0 Å². The topological polar surface area (TPSA) is 66.5 Å². The Labute approximate surface area is 132 Å². The van der Waals surface area contributed by atoms with Crippen LogP contribution in [0.2, 0.25) is 0 Å². The highest BCUT2D eigenvalue weighted by Gasteiger charge is 2.31. The van der Waals surface area contributed by atoms with E-state index in [4.69, 9.17) is 0 Å². The molecule has 1 aromatic carbocycles. The van der Waals surface area contributed by atoms with E-state index in [1.165, 1.54) is 16.1 Å². The third-order valence-electron chi connectivity index (χ3n) is 4.09. The number of amides is 1. The number of hydrogen-bond acceptors (Lipinski definition) is 3. The Morgan fingerprint density at radius 3 is 2.50 bits per heavy atom. The summed E-state index contributed by atoms with van der Waals surface area (Å²) >= 11 is 0. The number of hydrogen-bond donors (Lipinski definition) is 1. The molecule has 5 nitrogen and oxygen atoms in total. The van der Waals surface area contributed by atoms with Crippen molar-refractivity contribution >= 4 is 15.9 Å². The van der Waals surface area contributed by atoms with Crippen LogP contribution in [0.3, 0.4) is 0 Å². The maximum atomic E-state index is 12.2. The first-order valence-electron chi connectivity index (χ1n) is 7.64. The Balaban J connectivity index is 1.95. The van der Waals surface area contributed by atoms with E-state index in [2.05, 4.69) is 19.2 Å². The van der Waals surface area contributed by atoms with Crippen LogP contribution < -0.4 is 5.32 Å². The zero-order valence-corrected chi connectivity index (χ0v) is 14.2. The molecule has 2 rings (SSSR count). The molecule has 0 saturated carbocycles. The summed E-state index contributed by atoms with van der Waals surface area (Å²) in [4.78, 5) is 12.2. The second-order valence-corrected chi connectivity index (χ2v) is 8.09. The average molecular weight is 324 g/mol. The number of benzene rings is 1. The number of sulfonamides is 1. The van der Waals surface area contributed by atoms with Gasteiger partial charge in [-0.3, -0.25) is 4.79 Å². The van der Waals surface area contributed by atoms with Gasteiger partial charge in [0.05, 0.1) is 6.26 Å². The summed E-state index contributed by atoms with van der Waals surface area (Å²) in [5.41, 5.74) is 1.80. The van der Waals surface area contributed by atoms with E-state index in [1.807, 2.05) is 24.3 Å². The molecule has 1 fully saturated rings. The fourth-order valence-corrected chi connectivity index (χ4v) is 3.96. The quantitative estimate of drug-likeness (QED) is 0.900. The van der Waals surface area contributed by atoms with Crippen LogP contribution in [0.5, 0.6) is 0 Å². The highest BCUT2D eigenvalue weighted by molar-refractivity contribution is 7.88. The van der Waals surface area contributed by atoms with E-state index >= 15 is 0 Å². The van der Waals surface area contributed by atoms with Gasteiger partial charge >= 0.3 is 0 Å². The maximum absolute atomic E-state index is 12.2. The van der Waals surface area contributed by atoms with Gasteiger partial charge in [0, 0.05) is 24.7 Å². The van der Waals surface area contributed by atoms with Gasteiger partial charge in [-0.05, 0) is 36.5 Å². The van der Waals surface area contributed by atoms with Crippen molar-refractivity contribution in [2.45, 2.75) is 38.6 Å². The Morgan fingerprint density at radius 2 is 1.95 bits per heavy atom. The summed E-state index contributed by atoms with van der Waals surface area (Å²) in [5.74, 6) is 0.273. The summed E-state index contributed by atoms with van der Waals surface area (Å²) in [5, 5.41) is 2.85. The third kappa shape index (κ3) is 4.08. The summed E-state index contributed by atoms with van der Waals surface area (Å²) < 4.78 is 24.8. The first kappa shape index (κ1) is 17.0. The molecule has 1 unspecified atom stereocenters. The van der Waals surface area contributed by atoms with Crippen molar-refractivity contribution in [2.75, 3.05) is 19.3 Å². The lowest BCUT2D eigenvalue weighted by atomic mass is 10.0. The van der Waals surface area contributed by atoms with Gasteiger partial charge in [0.1, 0.15) is 0 Å². The average Bonchev–Trinajstić information content (AvgIpc) is 2.93. The molecule has 1 N–H and O–H groups in total. The summed E-state index contributed by atoms with van der Waals surface area (Å²) in [6.45, 7) is 5.12. The molecule has 1 heterocycles. The number of rotatable bonds is 5.